The first kappa shape index (κ1) is 20.8. The highest BCUT2D eigenvalue weighted by Gasteiger charge is 2.24. The van der Waals surface area contributed by atoms with Crippen LogP contribution in [0.15, 0.2) is 23.8 Å². The number of nitrogens with one attached hydrogen (secondary N) is 1. The summed E-state index contributed by atoms with van der Waals surface area (Å²) in [6.07, 6.45) is 8.06. The van der Waals surface area contributed by atoms with Crippen molar-refractivity contribution in [1.82, 2.24) is 5.32 Å². The van der Waals surface area contributed by atoms with E-state index in [-0.39, 0.29) is 17.5 Å². The summed E-state index contributed by atoms with van der Waals surface area (Å²) >= 11 is 0. The van der Waals surface area contributed by atoms with E-state index in [4.69, 9.17) is 9.47 Å². The molecule has 0 saturated heterocycles. The topological polar surface area (TPSA) is 71.3 Å². The predicted molar refractivity (Wildman–Crippen MR) is 107 cm³/mol. The number of nitriles is 1. The number of ether oxygens (including phenoxy) is 2. The molecule has 2 rings (SSSR count). The van der Waals surface area contributed by atoms with E-state index in [2.05, 4.69) is 19.2 Å². The first-order chi connectivity index (χ1) is 13.1. The summed E-state index contributed by atoms with van der Waals surface area (Å²) in [7, 11) is 1.58. The summed E-state index contributed by atoms with van der Waals surface area (Å²) in [5.74, 6) is 1.40. The maximum atomic E-state index is 12.5. The summed E-state index contributed by atoms with van der Waals surface area (Å²) < 4.78 is 11.1. The van der Waals surface area contributed by atoms with Crippen LogP contribution in [0.25, 0.3) is 6.08 Å². The zero-order valence-corrected chi connectivity index (χ0v) is 16.6. The number of benzene rings is 1. The van der Waals surface area contributed by atoms with E-state index in [9.17, 15) is 10.1 Å². The minimum Gasteiger partial charge on any atom is -0.493 e. The first-order valence-electron chi connectivity index (χ1n) is 9.82. The van der Waals surface area contributed by atoms with Crippen molar-refractivity contribution in [2.24, 2.45) is 5.92 Å². The van der Waals surface area contributed by atoms with Gasteiger partial charge in [-0.25, -0.2) is 0 Å². The van der Waals surface area contributed by atoms with Crippen molar-refractivity contribution in [3.8, 4) is 17.6 Å². The van der Waals surface area contributed by atoms with Crippen LogP contribution in [-0.2, 0) is 4.79 Å². The second-order valence-corrected chi connectivity index (χ2v) is 7.12. The largest absolute Gasteiger partial charge is 0.493 e. The number of carbonyl (C=O) groups is 1. The molecule has 1 aromatic carbocycles. The van der Waals surface area contributed by atoms with Gasteiger partial charge in [0.05, 0.1) is 13.7 Å². The molecule has 0 spiro atoms. The maximum absolute atomic E-state index is 12.5. The lowest BCUT2D eigenvalue weighted by molar-refractivity contribution is -0.118. The minimum atomic E-state index is -0.307. The highest BCUT2D eigenvalue weighted by Crippen LogP contribution is 2.29. The van der Waals surface area contributed by atoms with E-state index in [0.717, 1.165) is 37.7 Å². The van der Waals surface area contributed by atoms with E-state index >= 15 is 0 Å². The SMILES string of the molecule is CCCCOc1ccc(/C=C(\C#N)C(=O)N[C@@H]2CCCC[C@@H]2C)cc1OC. The molecular weight excluding hydrogens is 340 g/mol. The third-order valence-corrected chi connectivity index (χ3v) is 5.05. The number of amides is 1. The maximum Gasteiger partial charge on any atom is 0.262 e. The molecule has 27 heavy (non-hydrogen) atoms. The number of methoxy groups -OCH3 is 1. The Hall–Kier alpha value is -2.48. The predicted octanol–water partition coefficient (Wildman–Crippen LogP) is 4.48. The van der Waals surface area contributed by atoms with Gasteiger partial charge in [0.25, 0.3) is 5.91 Å². The van der Waals surface area contributed by atoms with Gasteiger partial charge in [0.15, 0.2) is 11.5 Å². The standard InChI is InChI=1S/C22H30N2O3/c1-4-5-12-27-20-11-10-17(14-21(20)26-3)13-18(15-23)22(25)24-19-9-7-6-8-16(19)2/h10-11,13-14,16,19H,4-9,12H2,1-3H3,(H,24,25)/b18-13+/t16-,19+/m0/s1. The van der Waals surface area contributed by atoms with Gasteiger partial charge in [-0.2, -0.15) is 5.26 Å². The minimum absolute atomic E-state index is 0.106. The molecule has 0 unspecified atom stereocenters. The van der Waals surface area contributed by atoms with Gasteiger partial charge in [0.1, 0.15) is 11.6 Å². The van der Waals surface area contributed by atoms with Gasteiger partial charge in [-0.05, 0) is 49.0 Å². The molecule has 0 aromatic heterocycles. The fourth-order valence-electron chi connectivity index (χ4n) is 3.31. The van der Waals surface area contributed by atoms with Gasteiger partial charge >= 0.3 is 0 Å². The summed E-state index contributed by atoms with van der Waals surface area (Å²) in [5, 5.41) is 12.5. The highest BCUT2D eigenvalue weighted by molar-refractivity contribution is 6.01. The normalized spacial score (nSPS) is 19.9. The summed E-state index contributed by atoms with van der Waals surface area (Å²) in [6, 6.07) is 7.60. The molecule has 1 aliphatic carbocycles. The van der Waals surface area contributed by atoms with Crippen molar-refractivity contribution in [2.45, 2.75) is 58.4 Å². The van der Waals surface area contributed by atoms with Crippen LogP contribution in [0.1, 0.15) is 57.9 Å². The Morgan fingerprint density at radius 1 is 1.33 bits per heavy atom. The number of nitrogens with zero attached hydrogens (tertiary/aromatic N) is 1. The number of carbonyl (C=O) groups excluding carboxylic acids is 1. The Morgan fingerprint density at radius 3 is 2.78 bits per heavy atom. The summed E-state index contributed by atoms with van der Waals surface area (Å²) in [4.78, 5) is 12.5. The van der Waals surface area contributed by atoms with Crippen LogP contribution in [0.3, 0.4) is 0 Å². The Morgan fingerprint density at radius 2 is 2.11 bits per heavy atom. The smallest absolute Gasteiger partial charge is 0.262 e. The van der Waals surface area contributed by atoms with Crippen molar-refractivity contribution in [2.75, 3.05) is 13.7 Å². The Balaban J connectivity index is 2.11. The fourth-order valence-corrected chi connectivity index (χ4v) is 3.31. The van der Waals surface area contributed by atoms with Crippen molar-refractivity contribution in [3.05, 3.63) is 29.3 Å². The molecule has 5 heteroatoms. The molecule has 5 nitrogen and oxygen atoms in total. The summed E-state index contributed by atoms with van der Waals surface area (Å²) in [5.41, 5.74) is 0.840. The van der Waals surface area contributed by atoms with Crippen LogP contribution in [0, 0.1) is 17.2 Å². The third kappa shape index (κ3) is 6.02. The molecule has 0 bridgehead atoms. The zero-order chi connectivity index (χ0) is 19.6. The molecule has 1 amide bonds. The number of hydrogen-bond acceptors (Lipinski definition) is 4. The fraction of sp³-hybridized carbons (Fsp3) is 0.545. The van der Waals surface area contributed by atoms with Crippen LogP contribution < -0.4 is 14.8 Å². The van der Waals surface area contributed by atoms with Crippen LogP contribution in [0.5, 0.6) is 11.5 Å². The second kappa shape index (κ2) is 10.6. The monoisotopic (exact) mass is 370 g/mol. The Kier molecular flexibility index (Phi) is 8.19. The van der Waals surface area contributed by atoms with Gasteiger partial charge in [-0.1, -0.05) is 39.2 Å². The first-order valence-corrected chi connectivity index (χ1v) is 9.82. The van der Waals surface area contributed by atoms with Crippen molar-refractivity contribution >= 4 is 12.0 Å². The molecule has 0 aliphatic heterocycles. The van der Waals surface area contributed by atoms with Crippen LogP contribution in [-0.4, -0.2) is 25.7 Å². The van der Waals surface area contributed by atoms with Crippen molar-refractivity contribution in [3.63, 3.8) is 0 Å². The van der Waals surface area contributed by atoms with E-state index in [0.29, 0.717) is 24.0 Å². The molecule has 1 saturated carbocycles. The number of rotatable bonds is 8. The molecule has 1 N–H and O–H groups in total. The average molecular weight is 370 g/mol. The van der Waals surface area contributed by atoms with Crippen LogP contribution in [0.4, 0.5) is 0 Å². The molecule has 1 aromatic rings. The number of hydrogen-bond donors (Lipinski definition) is 1. The lowest BCUT2D eigenvalue weighted by atomic mass is 9.86. The molecule has 0 radical (unpaired) electrons. The lowest BCUT2D eigenvalue weighted by Crippen LogP contribution is -2.41. The lowest BCUT2D eigenvalue weighted by Gasteiger charge is -2.29. The molecule has 0 heterocycles. The Labute approximate surface area is 162 Å². The molecule has 1 fully saturated rings. The van der Waals surface area contributed by atoms with Gasteiger partial charge < -0.3 is 14.8 Å². The van der Waals surface area contributed by atoms with Crippen molar-refractivity contribution < 1.29 is 14.3 Å². The van der Waals surface area contributed by atoms with Crippen LogP contribution in [0.2, 0.25) is 0 Å². The van der Waals surface area contributed by atoms with Gasteiger partial charge in [-0.15, -0.1) is 0 Å². The molecule has 146 valence electrons. The zero-order valence-electron chi connectivity index (χ0n) is 16.6. The van der Waals surface area contributed by atoms with Gasteiger partial charge in [0.2, 0.25) is 0 Å². The van der Waals surface area contributed by atoms with E-state index in [1.54, 1.807) is 19.3 Å². The van der Waals surface area contributed by atoms with Crippen molar-refractivity contribution in [1.29, 1.82) is 5.26 Å². The molecular formula is C22H30N2O3. The van der Waals surface area contributed by atoms with Gasteiger partial charge in [-0.3, -0.25) is 4.79 Å². The van der Waals surface area contributed by atoms with E-state index in [1.807, 2.05) is 18.2 Å². The molecule has 1 aliphatic rings. The highest BCUT2D eigenvalue weighted by atomic mass is 16.5. The summed E-state index contributed by atoms with van der Waals surface area (Å²) in [6.45, 7) is 4.90. The average Bonchev–Trinajstić information content (AvgIpc) is 2.68. The second-order valence-electron chi connectivity index (χ2n) is 7.12. The van der Waals surface area contributed by atoms with E-state index in [1.165, 1.54) is 6.42 Å². The van der Waals surface area contributed by atoms with Crippen LogP contribution >= 0.6 is 0 Å². The van der Waals surface area contributed by atoms with Gasteiger partial charge in [0, 0.05) is 6.04 Å². The quantitative estimate of drug-likeness (QED) is 0.416. The molecule has 2 atom stereocenters. The third-order valence-electron chi connectivity index (χ3n) is 5.05. The Bertz CT molecular complexity index is 706. The number of unbranched alkanes of at least 4 members (excludes halogenated alkanes) is 1. The van der Waals surface area contributed by atoms with E-state index < -0.39 is 0 Å².